The Morgan fingerprint density at radius 1 is 1.39 bits per heavy atom. The summed E-state index contributed by atoms with van der Waals surface area (Å²) in [6, 6.07) is 5.91. The number of nitrogens with zero attached hydrogens (tertiary/aromatic N) is 1. The first kappa shape index (κ1) is 12.7. The zero-order valence-electron chi connectivity index (χ0n) is 11.3. The van der Waals surface area contributed by atoms with Gasteiger partial charge in [-0.15, -0.1) is 0 Å². The molecule has 0 aliphatic carbocycles. The van der Waals surface area contributed by atoms with Gasteiger partial charge in [0.05, 0.1) is 5.41 Å². The lowest BCUT2D eigenvalue weighted by molar-refractivity contribution is -0.142. The molecule has 0 atom stereocenters. The highest BCUT2D eigenvalue weighted by Crippen LogP contribution is 2.33. The monoisotopic (exact) mass is 245 g/mol. The number of rotatable bonds is 3. The van der Waals surface area contributed by atoms with Gasteiger partial charge in [0.1, 0.15) is 0 Å². The van der Waals surface area contributed by atoms with Crippen LogP contribution in [0.2, 0.25) is 0 Å². The summed E-state index contributed by atoms with van der Waals surface area (Å²) in [4.78, 5) is 11.4. The van der Waals surface area contributed by atoms with Crippen LogP contribution in [0.4, 0.5) is 0 Å². The van der Waals surface area contributed by atoms with Crippen LogP contribution in [0.5, 0.6) is 0 Å². The van der Waals surface area contributed by atoms with Gasteiger partial charge in [0.25, 0.3) is 0 Å². The summed E-state index contributed by atoms with van der Waals surface area (Å²) >= 11 is 0. The Bertz CT molecular complexity index is 608. The van der Waals surface area contributed by atoms with Crippen molar-refractivity contribution in [3.05, 3.63) is 35.5 Å². The Balaban J connectivity index is 2.81. The quantitative estimate of drug-likeness (QED) is 0.901. The first-order chi connectivity index (χ1) is 8.39. The molecule has 2 rings (SSSR count). The molecule has 0 aliphatic heterocycles. The SMILES string of the molecule is CCn1cc(C)c2c(C(C)(C)C(=O)O)cccc21. The fraction of sp³-hybridized carbons (Fsp3) is 0.400. The third-order valence-corrected chi connectivity index (χ3v) is 3.64. The van der Waals surface area contributed by atoms with E-state index < -0.39 is 11.4 Å². The number of aliphatic carboxylic acids is 1. The van der Waals surface area contributed by atoms with Crippen LogP contribution < -0.4 is 0 Å². The number of aromatic nitrogens is 1. The number of carboxylic acid groups (broad SMARTS) is 1. The molecular weight excluding hydrogens is 226 g/mol. The molecule has 1 aromatic carbocycles. The predicted octanol–water partition coefficient (Wildman–Crippen LogP) is 3.33. The van der Waals surface area contributed by atoms with Gasteiger partial charge in [-0.3, -0.25) is 4.79 Å². The van der Waals surface area contributed by atoms with E-state index in [2.05, 4.69) is 17.7 Å². The smallest absolute Gasteiger partial charge is 0.313 e. The molecule has 0 aliphatic rings. The van der Waals surface area contributed by atoms with E-state index in [1.807, 2.05) is 25.1 Å². The third-order valence-electron chi connectivity index (χ3n) is 3.64. The number of benzene rings is 1. The molecule has 3 nitrogen and oxygen atoms in total. The molecule has 1 heterocycles. The van der Waals surface area contributed by atoms with Crippen molar-refractivity contribution in [1.29, 1.82) is 0 Å². The number of hydrogen-bond acceptors (Lipinski definition) is 1. The number of carbonyl (C=O) groups is 1. The van der Waals surface area contributed by atoms with Crippen LogP contribution in [0.15, 0.2) is 24.4 Å². The van der Waals surface area contributed by atoms with Crippen molar-refractivity contribution in [2.24, 2.45) is 0 Å². The lowest BCUT2D eigenvalue weighted by Crippen LogP contribution is -2.28. The van der Waals surface area contributed by atoms with Crippen molar-refractivity contribution in [2.75, 3.05) is 0 Å². The Morgan fingerprint density at radius 2 is 2.06 bits per heavy atom. The summed E-state index contributed by atoms with van der Waals surface area (Å²) in [6.07, 6.45) is 2.09. The minimum absolute atomic E-state index is 0.793. The second kappa shape index (κ2) is 4.16. The molecule has 0 bridgehead atoms. The van der Waals surface area contributed by atoms with Crippen LogP contribution in [-0.4, -0.2) is 15.6 Å². The fourth-order valence-corrected chi connectivity index (χ4v) is 2.46. The van der Waals surface area contributed by atoms with E-state index in [1.165, 1.54) is 0 Å². The van der Waals surface area contributed by atoms with E-state index in [0.717, 1.165) is 28.6 Å². The van der Waals surface area contributed by atoms with Crippen molar-refractivity contribution in [3.8, 4) is 0 Å². The zero-order valence-corrected chi connectivity index (χ0v) is 11.3. The van der Waals surface area contributed by atoms with Crippen molar-refractivity contribution in [2.45, 2.75) is 39.7 Å². The second-order valence-electron chi connectivity index (χ2n) is 5.23. The molecule has 2 aromatic rings. The van der Waals surface area contributed by atoms with Crippen molar-refractivity contribution in [1.82, 2.24) is 4.57 Å². The highest BCUT2D eigenvalue weighted by Gasteiger charge is 2.31. The summed E-state index contributed by atoms with van der Waals surface area (Å²) < 4.78 is 2.16. The van der Waals surface area contributed by atoms with Crippen molar-refractivity contribution < 1.29 is 9.90 Å². The number of fused-ring (bicyclic) bond motifs is 1. The first-order valence-electron chi connectivity index (χ1n) is 6.22. The molecule has 0 saturated carbocycles. The van der Waals surface area contributed by atoms with Gasteiger partial charge < -0.3 is 9.67 Å². The zero-order chi connectivity index (χ0) is 13.5. The second-order valence-corrected chi connectivity index (χ2v) is 5.23. The molecule has 0 spiro atoms. The van der Waals surface area contributed by atoms with Gasteiger partial charge >= 0.3 is 5.97 Å². The number of aryl methyl sites for hydroxylation is 2. The van der Waals surface area contributed by atoms with Gasteiger partial charge in [0.2, 0.25) is 0 Å². The van der Waals surface area contributed by atoms with Crippen LogP contribution in [0.1, 0.15) is 31.9 Å². The average molecular weight is 245 g/mol. The molecule has 0 unspecified atom stereocenters. The summed E-state index contributed by atoms with van der Waals surface area (Å²) in [6.45, 7) is 8.53. The summed E-state index contributed by atoms with van der Waals surface area (Å²) in [5.41, 5.74) is 2.26. The molecule has 1 aromatic heterocycles. The molecule has 0 radical (unpaired) electrons. The van der Waals surface area contributed by atoms with E-state index in [1.54, 1.807) is 13.8 Å². The van der Waals surface area contributed by atoms with E-state index in [0.29, 0.717) is 0 Å². The molecular formula is C15H19NO2. The summed E-state index contributed by atoms with van der Waals surface area (Å²) in [5, 5.41) is 10.5. The topological polar surface area (TPSA) is 42.2 Å². The lowest BCUT2D eigenvalue weighted by Gasteiger charge is -2.21. The first-order valence-corrected chi connectivity index (χ1v) is 6.22. The molecule has 18 heavy (non-hydrogen) atoms. The maximum atomic E-state index is 11.4. The van der Waals surface area contributed by atoms with Gasteiger partial charge in [-0.25, -0.2) is 0 Å². The average Bonchev–Trinajstić information content (AvgIpc) is 2.66. The maximum Gasteiger partial charge on any atom is 0.313 e. The minimum Gasteiger partial charge on any atom is -0.481 e. The Hall–Kier alpha value is -1.77. The predicted molar refractivity (Wildman–Crippen MR) is 73.0 cm³/mol. The fourth-order valence-electron chi connectivity index (χ4n) is 2.46. The summed E-state index contributed by atoms with van der Waals surface area (Å²) in [5.74, 6) is -0.793. The largest absolute Gasteiger partial charge is 0.481 e. The normalized spacial score (nSPS) is 12.0. The van der Waals surface area contributed by atoms with Gasteiger partial charge in [-0.05, 0) is 44.9 Å². The molecule has 0 saturated heterocycles. The van der Waals surface area contributed by atoms with Crippen LogP contribution in [-0.2, 0) is 16.8 Å². The molecule has 0 amide bonds. The molecule has 0 fully saturated rings. The van der Waals surface area contributed by atoms with E-state index in [4.69, 9.17) is 0 Å². The lowest BCUT2D eigenvalue weighted by atomic mass is 9.82. The van der Waals surface area contributed by atoms with Gasteiger partial charge in [0, 0.05) is 23.6 Å². The standard InChI is InChI=1S/C15H19NO2/c1-5-16-9-10(2)13-11(7-6-8-12(13)16)15(3,4)14(17)18/h6-9H,5H2,1-4H3,(H,17,18). The maximum absolute atomic E-state index is 11.4. The summed E-state index contributed by atoms with van der Waals surface area (Å²) in [7, 11) is 0. The van der Waals surface area contributed by atoms with Crippen molar-refractivity contribution >= 4 is 16.9 Å². The number of hydrogen-bond donors (Lipinski definition) is 1. The Kier molecular flexibility index (Phi) is 2.93. The number of carboxylic acids is 1. The van der Waals surface area contributed by atoms with Crippen LogP contribution in [0.3, 0.4) is 0 Å². The van der Waals surface area contributed by atoms with E-state index in [9.17, 15) is 9.90 Å². The van der Waals surface area contributed by atoms with Gasteiger partial charge in [-0.1, -0.05) is 12.1 Å². The van der Waals surface area contributed by atoms with Crippen LogP contribution in [0, 0.1) is 6.92 Å². The third kappa shape index (κ3) is 1.70. The minimum atomic E-state index is -0.871. The van der Waals surface area contributed by atoms with E-state index >= 15 is 0 Å². The van der Waals surface area contributed by atoms with Gasteiger partial charge in [-0.2, -0.15) is 0 Å². The van der Waals surface area contributed by atoms with Gasteiger partial charge in [0.15, 0.2) is 0 Å². The van der Waals surface area contributed by atoms with Crippen molar-refractivity contribution in [3.63, 3.8) is 0 Å². The Morgan fingerprint density at radius 3 is 2.61 bits per heavy atom. The molecule has 96 valence electrons. The molecule has 3 heteroatoms. The molecule has 1 N–H and O–H groups in total. The highest BCUT2D eigenvalue weighted by atomic mass is 16.4. The Labute approximate surface area is 107 Å². The van der Waals surface area contributed by atoms with E-state index in [-0.39, 0.29) is 0 Å². The highest BCUT2D eigenvalue weighted by molar-refractivity contribution is 5.93. The van der Waals surface area contributed by atoms with Crippen LogP contribution >= 0.6 is 0 Å². The van der Waals surface area contributed by atoms with Crippen LogP contribution in [0.25, 0.3) is 10.9 Å².